The smallest absolute Gasteiger partial charge is 0.156 e. The minimum Gasteiger partial charge on any atom is -0.363 e. The van der Waals surface area contributed by atoms with Crippen LogP contribution in [0.15, 0.2) is 23.7 Å². The van der Waals surface area contributed by atoms with Gasteiger partial charge in [-0.15, -0.1) is 0 Å². The molecule has 1 N–H and O–H groups in total. The van der Waals surface area contributed by atoms with Crippen LogP contribution in [-0.4, -0.2) is 33.1 Å². The Kier molecular flexibility index (Phi) is 5.11. The van der Waals surface area contributed by atoms with E-state index in [9.17, 15) is 0 Å². The molecule has 0 radical (unpaired) electrons. The Bertz CT molecular complexity index is 370. The number of hydrogen-bond donors (Lipinski definition) is 1. The minimum absolute atomic E-state index is 0.677. The summed E-state index contributed by atoms with van der Waals surface area (Å²) in [6.45, 7) is 7.38. The Labute approximate surface area is 113 Å². The van der Waals surface area contributed by atoms with Crippen LogP contribution in [0.3, 0.4) is 0 Å². The van der Waals surface area contributed by atoms with Crippen LogP contribution < -0.4 is 5.32 Å². The van der Waals surface area contributed by atoms with Crippen molar-refractivity contribution in [2.24, 2.45) is 10.9 Å². The zero-order valence-corrected chi connectivity index (χ0v) is 12.0. The van der Waals surface area contributed by atoms with Crippen molar-refractivity contribution in [3.05, 3.63) is 18.7 Å². The summed E-state index contributed by atoms with van der Waals surface area (Å²) in [4.78, 5) is 8.63. The van der Waals surface area contributed by atoms with Crippen LogP contribution in [0.4, 0.5) is 0 Å². The normalized spacial score (nSPS) is 19.3. The predicted molar refractivity (Wildman–Crippen MR) is 78.0 cm³/mol. The van der Waals surface area contributed by atoms with Gasteiger partial charge in [0.25, 0.3) is 0 Å². The molecular weight excluding hydrogens is 244 g/mol. The predicted octanol–water partition coefficient (Wildman–Crippen LogP) is 2.38. The van der Waals surface area contributed by atoms with E-state index >= 15 is 0 Å². The third-order valence-corrected chi connectivity index (χ3v) is 4.79. The summed E-state index contributed by atoms with van der Waals surface area (Å²) in [6, 6.07) is 0. The summed E-state index contributed by atoms with van der Waals surface area (Å²) < 4.78 is 2.07. The van der Waals surface area contributed by atoms with Crippen molar-refractivity contribution < 1.29 is 0 Å². The zero-order valence-electron chi connectivity index (χ0n) is 11.2. The SMILES string of the molecule is CCC(CC)C1CN=C(NCCn2ccnc2)S1. The van der Waals surface area contributed by atoms with Crippen LogP contribution in [0, 0.1) is 5.92 Å². The van der Waals surface area contributed by atoms with E-state index < -0.39 is 0 Å². The van der Waals surface area contributed by atoms with E-state index in [0.29, 0.717) is 5.25 Å². The van der Waals surface area contributed by atoms with Crippen molar-refractivity contribution in [2.75, 3.05) is 13.1 Å². The molecule has 1 aromatic rings. The number of amidine groups is 1. The van der Waals surface area contributed by atoms with E-state index in [1.165, 1.54) is 12.8 Å². The van der Waals surface area contributed by atoms with Crippen LogP contribution >= 0.6 is 11.8 Å². The first-order chi connectivity index (χ1) is 8.83. The molecule has 2 heterocycles. The number of aliphatic imine (C=N–C) groups is 1. The van der Waals surface area contributed by atoms with E-state index in [4.69, 9.17) is 0 Å². The number of rotatable bonds is 6. The molecule has 0 amide bonds. The van der Waals surface area contributed by atoms with Crippen LogP contribution in [0.25, 0.3) is 0 Å². The van der Waals surface area contributed by atoms with Gasteiger partial charge in [0.05, 0.1) is 12.9 Å². The zero-order chi connectivity index (χ0) is 12.8. The average molecular weight is 266 g/mol. The van der Waals surface area contributed by atoms with Crippen LogP contribution in [0.2, 0.25) is 0 Å². The fourth-order valence-electron chi connectivity index (χ4n) is 2.26. The largest absolute Gasteiger partial charge is 0.363 e. The summed E-state index contributed by atoms with van der Waals surface area (Å²) in [5.74, 6) is 0.798. The van der Waals surface area contributed by atoms with Crippen molar-refractivity contribution >= 4 is 16.9 Å². The summed E-state index contributed by atoms with van der Waals surface area (Å²) in [5.41, 5.74) is 0. The highest BCUT2D eigenvalue weighted by Gasteiger charge is 2.25. The number of nitrogens with zero attached hydrogens (tertiary/aromatic N) is 3. The second-order valence-electron chi connectivity index (χ2n) is 4.61. The molecule has 1 aliphatic heterocycles. The van der Waals surface area contributed by atoms with Gasteiger partial charge in [-0.3, -0.25) is 4.99 Å². The molecule has 0 saturated carbocycles. The van der Waals surface area contributed by atoms with Crippen molar-refractivity contribution in [1.29, 1.82) is 0 Å². The molecule has 1 atom stereocenters. The summed E-state index contributed by atoms with van der Waals surface area (Å²) in [5, 5.41) is 5.21. The molecule has 0 spiro atoms. The fourth-order valence-corrected chi connectivity index (χ4v) is 3.61. The number of aromatic nitrogens is 2. The molecular formula is C13H22N4S. The Balaban J connectivity index is 1.69. The quantitative estimate of drug-likeness (QED) is 0.859. The maximum atomic E-state index is 4.60. The Morgan fingerprint density at radius 1 is 1.50 bits per heavy atom. The second kappa shape index (κ2) is 6.83. The molecule has 1 aliphatic rings. The maximum Gasteiger partial charge on any atom is 0.156 e. The summed E-state index contributed by atoms with van der Waals surface area (Å²) in [6.07, 6.45) is 8.15. The van der Waals surface area contributed by atoms with Crippen molar-refractivity contribution in [1.82, 2.24) is 14.9 Å². The Morgan fingerprint density at radius 3 is 3.00 bits per heavy atom. The summed E-state index contributed by atoms with van der Waals surface area (Å²) in [7, 11) is 0. The third-order valence-electron chi connectivity index (χ3n) is 3.46. The number of thioether (sulfide) groups is 1. The van der Waals surface area contributed by atoms with Gasteiger partial charge in [0.1, 0.15) is 0 Å². The van der Waals surface area contributed by atoms with Gasteiger partial charge in [-0.1, -0.05) is 38.5 Å². The number of imidazole rings is 1. The first-order valence-corrected chi connectivity index (χ1v) is 7.62. The van der Waals surface area contributed by atoms with Gasteiger partial charge in [-0.05, 0) is 5.92 Å². The minimum atomic E-state index is 0.677. The lowest BCUT2D eigenvalue weighted by molar-refractivity contribution is 0.479. The Hall–Kier alpha value is -0.970. The van der Waals surface area contributed by atoms with E-state index in [2.05, 4.69) is 33.7 Å². The van der Waals surface area contributed by atoms with Gasteiger partial charge in [0, 0.05) is 30.7 Å². The highest BCUT2D eigenvalue weighted by atomic mass is 32.2. The molecule has 0 fully saturated rings. The van der Waals surface area contributed by atoms with E-state index in [-0.39, 0.29) is 0 Å². The monoisotopic (exact) mass is 266 g/mol. The van der Waals surface area contributed by atoms with Crippen molar-refractivity contribution in [2.45, 2.75) is 38.5 Å². The third kappa shape index (κ3) is 3.51. The molecule has 4 nitrogen and oxygen atoms in total. The second-order valence-corrected chi connectivity index (χ2v) is 5.83. The van der Waals surface area contributed by atoms with Crippen LogP contribution in [-0.2, 0) is 6.54 Å². The van der Waals surface area contributed by atoms with Gasteiger partial charge in [-0.25, -0.2) is 4.98 Å². The van der Waals surface area contributed by atoms with Crippen LogP contribution in [0.1, 0.15) is 26.7 Å². The molecule has 0 saturated heterocycles. The van der Waals surface area contributed by atoms with Gasteiger partial charge in [-0.2, -0.15) is 0 Å². The molecule has 5 heteroatoms. The first-order valence-electron chi connectivity index (χ1n) is 6.74. The average Bonchev–Trinajstić information content (AvgIpc) is 3.03. The number of nitrogens with one attached hydrogen (secondary N) is 1. The molecule has 1 aromatic heterocycles. The standard InChI is InChI=1S/C13H22N4S/c1-3-11(4-2)12-9-16-13(18-12)15-6-8-17-7-5-14-10-17/h5,7,10-12H,3-4,6,8-9H2,1-2H3,(H,15,16). The molecule has 0 aliphatic carbocycles. The molecule has 1 unspecified atom stereocenters. The fraction of sp³-hybridized carbons (Fsp3) is 0.692. The van der Waals surface area contributed by atoms with Gasteiger partial charge < -0.3 is 9.88 Å². The lowest BCUT2D eigenvalue weighted by atomic mass is 9.99. The van der Waals surface area contributed by atoms with Crippen molar-refractivity contribution in [3.8, 4) is 0 Å². The first kappa shape index (κ1) is 13.5. The van der Waals surface area contributed by atoms with Crippen molar-refractivity contribution in [3.63, 3.8) is 0 Å². The summed E-state index contributed by atoms with van der Waals surface area (Å²) >= 11 is 1.92. The molecule has 0 bridgehead atoms. The molecule has 0 aromatic carbocycles. The molecule has 18 heavy (non-hydrogen) atoms. The molecule has 100 valence electrons. The van der Waals surface area contributed by atoms with Gasteiger partial charge in [0.2, 0.25) is 0 Å². The van der Waals surface area contributed by atoms with E-state index in [1.54, 1.807) is 0 Å². The maximum absolute atomic E-state index is 4.60. The Morgan fingerprint density at radius 2 is 2.33 bits per heavy atom. The lowest BCUT2D eigenvalue weighted by Crippen LogP contribution is -2.25. The van der Waals surface area contributed by atoms with Gasteiger partial charge in [0.15, 0.2) is 5.17 Å². The number of hydrogen-bond acceptors (Lipinski definition) is 4. The highest BCUT2D eigenvalue weighted by Crippen LogP contribution is 2.30. The highest BCUT2D eigenvalue weighted by molar-refractivity contribution is 8.14. The van der Waals surface area contributed by atoms with Crippen LogP contribution in [0.5, 0.6) is 0 Å². The van der Waals surface area contributed by atoms with E-state index in [1.807, 2.05) is 30.5 Å². The van der Waals surface area contributed by atoms with E-state index in [0.717, 1.165) is 30.7 Å². The topological polar surface area (TPSA) is 42.2 Å². The molecule has 2 rings (SSSR count). The van der Waals surface area contributed by atoms with Gasteiger partial charge >= 0.3 is 0 Å². The lowest BCUT2D eigenvalue weighted by Gasteiger charge is -2.18.